The number of carbonyl (C=O) groups excluding carboxylic acids is 2. The van der Waals surface area contributed by atoms with Crippen molar-refractivity contribution in [2.45, 2.75) is 20.8 Å². The van der Waals surface area contributed by atoms with Crippen LogP contribution in [0.25, 0.3) is 11.6 Å². The normalized spacial score (nSPS) is 14.4. The molecule has 0 radical (unpaired) electrons. The maximum atomic E-state index is 13.7. The van der Waals surface area contributed by atoms with Crippen LogP contribution in [0.5, 0.6) is 0 Å². The van der Waals surface area contributed by atoms with E-state index in [4.69, 9.17) is 0 Å². The number of nitrogens with one attached hydrogen (secondary N) is 2. The van der Waals surface area contributed by atoms with Gasteiger partial charge in [-0.25, -0.2) is 4.39 Å². The highest BCUT2D eigenvalue weighted by atomic mass is 19.1. The Bertz CT molecular complexity index is 1010. The van der Waals surface area contributed by atoms with Gasteiger partial charge in [-0.05, 0) is 57.3 Å². The molecule has 1 aromatic carbocycles. The van der Waals surface area contributed by atoms with Crippen LogP contribution in [0.2, 0.25) is 0 Å². The van der Waals surface area contributed by atoms with Gasteiger partial charge in [0.1, 0.15) is 5.82 Å². The fourth-order valence-electron chi connectivity index (χ4n) is 3.59. The van der Waals surface area contributed by atoms with E-state index >= 15 is 0 Å². The number of halogens is 1. The molecule has 6 nitrogen and oxygen atoms in total. The van der Waals surface area contributed by atoms with E-state index in [-0.39, 0.29) is 11.8 Å². The lowest BCUT2D eigenvalue weighted by atomic mass is 10.0. The zero-order chi connectivity index (χ0) is 21.3. The molecule has 29 heavy (non-hydrogen) atoms. The second kappa shape index (κ2) is 8.21. The maximum Gasteiger partial charge on any atom is 0.256 e. The Morgan fingerprint density at radius 3 is 2.76 bits per heavy atom. The number of rotatable bonds is 6. The van der Waals surface area contributed by atoms with Crippen molar-refractivity contribution < 1.29 is 14.0 Å². The first-order valence-corrected chi connectivity index (χ1v) is 9.70. The minimum Gasteiger partial charge on any atom is -0.351 e. The SMILES string of the molecule is CCN(C)CCNC(=O)c1c(C)c(/C=C2\C(=O)Nc3ccc(F)cc32)n(C)c1C. The van der Waals surface area contributed by atoms with E-state index in [9.17, 15) is 14.0 Å². The average molecular weight is 398 g/mol. The van der Waals surface area contributed by atoms with Gasteiger partial charge in [0.15, 0.2) is 0 Å². The predicted octanol–water partition coefficient (Wildman–Crippen LogP) is 2.96. The van der Waals surface area contributed by atoms with Crippen molar-refractivity contribution in [3.8, 4) is 0 Å². The van der Waals surface area contributed by atoms with Crippen molar-refractivity contribution in [2.75, 3.05) is 32.0 Å². The molecular formula is C22H27FN4O2. The molecule has 1 aliphatic heterocycles. The molecule has 0 atom stereocenters. The summed E-state index contributed by atoms with van der Waals surface area (Å²) >= 11 is 0. The summed E-state index contributed by atoms with van der Waals surface area (Å²) in [6.45, 7) is 8.06. The topological polar surface area (TPSA) is 66.4 Å². The molecule has 0 bridgehead atoms. The summed E-state index contributed by atoms with van der Waals surface area (Å²) in [4.78, 5) is 27.3. The number of hydrogen-bond donors (Lipinski definition) is 2. The second-order valence-corrected chi connectivity index (χ2v) is 7.38. The number of hydrogen-bond acceptors (Lipinski definition) is 3. The molecule has 0 saturated carbocycles. The minimum atomic E-state index is -0.400. The Labute approximate surface area is 170 Å². The lowest BCUT2D eigenvalue weighted by Gasteiger charge is -2.14. The Morgan fingerprint density at radius 1 is 1.34 bits per heavy atom. The van der Waals surface area contributed by atoms with Crippen LogP contribution in [0.4, 0.5) is 10.1 Å². The van der Waals surface area contributed by atoms with Gasteiger partial charge in [0.25, 0.3) is 11.8 Å². The standard InChI is InChI=1S/C22H27FN4O2/c1-6-26(4)10-9-24-22(29)20-13(2)19(27(5)14(20)3)12-17-16-11-15(23)7-8-18(16)25-21(17)28/h7-8,11-12H,6,9-10H2,1-5H3,(H,24,29)(H,25,28)/b17-12-. The summed E-state index contributed by atoms with van der Waals surface area (Å²) in [5.74, 6) is -0.812. The molecule has 3 rings (SSSR count). The van der Waals surface area contributed by atoms with Crippen LogP contribution >= 0.6 is 0 Å². The van der Waals surface area contributed by atoms with Gasteiger partial charge in [0, 0.05) is 42.8 Å². The Kier molecular flexibility index (Phi) is 5.88. The molecule has 0 aliphatic carbocycles. The van der Waals surface area contributed by atoms with Gasteiger partial charge in [-0.3, -0.25) is 9.59 Å². The molecule has 0 fully saturated rings. The molecular weight excluding hydrogens is 371 g/mol. The quantitative estimate of drug-likeness (QED) is 0.736. The number of benzene rings is 1. The van der Waals surface area contributed by atoms with Gasteiger partial charge in [-0.1, -0.05) is 6.92 Å². The molecule has 2 aromatic rings. The van der Waals surface area contributed by atoms with Gasteiger partial charge >= 0.3 is 0 Å². The molecule has 2 amide bonds. The highest BCUT2D eigenvalue weighted by Crippen LogP contribution is 2.35. The molecule has 1 aromatic heterocycles. The van der Waals surface area contributed by atoms with Crippen LogP contribution in [0.3, 0.4) is 0 Å². The zero-order valence-electron chi connectivity index (χ0n) is 17.5. The monoisotopic (exact) mass is 398 g/mol. The number of fused-ring (bicyclic) bond motifs is 1. The number of likely N-dealkylation sites (N-methyl/N-ethyl adjacent to an activating group) is 1. The first-order valence-electron chi connectivity index (χ1n) is 9.70. The van der Waals surface area contributed by atoms with Gasteiger partial charge < -0.3 is 20.1 Å². The van der Waals surface area contributed by atoms with E-state index < -0.39 is 5.82 Å². The summed E-state index contributed by atoms with van der Waals surface area (Å²) < 4.78 is 15.6. The third kappa shape index (κ3) is 3.96. The summed E-state index contributed by atoms with van der Waals surface area (Å²) in [5.41, 5.74) is 4.47. The van der Waals surface area contributed by atoms with Crippen molar-refractivity contribution in [3.05, 3.63) is 52.1 Å². The fourth-order valence-corrected chi connectivity index (χ4v) is 3.59. The first kappa shape index (κ1) is 20.8. The lowest BCUT2D eigenvalue weighted by Crippen LogP contribution is -2.33. The number of nitrogens with zero attached hydrogens (tertiary/aromatic N) is 2. The highest BCUT2D eigenvalue weighted by molar-refractivity contribution is 6.35. The van der Waals surface area contributed by atoms with Gasteiger partial charge in [-0.2, -0.15) is 0 Å². The van der Waals surface area contributed by atoms with Crippen LogP contribution in [-0.4, -0.2) is 48.0 Å². The van der Waals surface area contributed by atoms with Gasteiger partial charge in [-0.15, -0.1) is 0 Å². The molecule has 154 valence electrons. The van der Waals surface area contributed by atoms with Gasteiger partial charge in [0.05, 0.1) is 11.1 Å². The Hall–Kier alpha value is -2.93. The molecule has 2 heterocycles. The summed E-state index contributed by atoms with van der Waals surface area (Å²) in [6, 6.07) is 4.22. The Morgan fingerprint density at radius 2 is 2.07 bits per heavy atom. The van der Waals surface area contributed by atoms with Crippen LogP contribution in [0.15, 0.2) is 18.2 Å². The summed E-state index contributed by atoms with van der Waals surface area (Å²) in [5, 5.41) is 5.72. The van der Waals surface area contributed by atoms with E-state index in [0.717, 1.165) is 30.0 Å². The lowest BCUT2D eigenvalue weighted by molar-refractivity contribution is -0.110. The molecule has 7 heteroatoms. The number of amides is 2. The van der Waals surface area contributed by atoms with Crippen molar-refractivity contribution in [1.82, 2.24) is 14.8 Å². The maximum absolute atomic E-state index is 13.7. The van der Waals surface area contributed by atoms with E-state index in [1.807, 2.05) is 32.5 Å². The highest BCUT2D eigenvalue weighted by Gasteiger charge is 2.27. The van der Waals surface area contributed by atoms with Crippen LogP contribution in [0, 0.1) is 19.7 Å². The number of anilines is 1. The fraction of sp³-hybridized carbons (Fsp3) is 0.364. The average Bonchev–Trinajstić information content (AvgIpc) is 3.09. The summed E-state index contributed by atoms with van der Waals surface area (Å²) in [6.07, 6.45) is 1.73. The number of aromatic nitrogens is 1. The van der Waals surface area contributed by atoms with E-state index in [1.54, 1.807) is 12.1 Å². The predicted molar refractivity (Wildman–Crippen MR) is 113 cm³/mol. The smallest absolute Gasteiger partial charge is 0.256 e. The van der Waals surface area contributed by atoms with Crippen LogP contribution in [-0.2, 0) is 11.8 Å². The van der Waals surface area contributed by atoms with Crippen molar-refractivity contribution in [1.29, 1.82) is 0 Å². The van der Waals surface area contributed by atoms with Crippen LogP contribution in [0.1, 0.15) is 39.8 Å². The number of carbonyl (C=O) groups is 2. The summed E-state index contributed by atoms with van der Waals surface area (Å²) in [7, 11) is 3.86. The molecule has 0 unspecified atom stereocenters. The van der Waals surface area contributed by atoms with Gasteiger partial charge in [0.2, 0.25) is 0 Å². The Balaban J connectivity index is 1.94. The largest absolute Gasteiger partial charge is 0.351 e. The first-order chi connectivity index (χ1) is 13.7. The van der Waals surface area contributed by atoms with Crippen molar-refractivity contribution in [3.63, 3.8) is 0 Å². The zero-order valence-corrected chi connectivity index (χ0v) is 17.5. The second-order valence-electron chi connectivity index (χ2n) is 7.38. The molecule has 0 saturated heterocycles. The molecule has 1 aliphatic rings. The van der Waals surface area contributed by atoms with Crippen LogP contribution < -0.4 is 10.6 Å². The molecule has 0 spiro atoms. The van der Waals surface area contributed by atoms with Crippen molar-refractivity contribution >= 4 is 29.2 Å². The van der Waals surface area contributed by atoms with Crippen molar-refractivity contribution in [2.24, 2.45) is 7.05 Å². The molecule has 2 N–H and O–H groups in total. The van der Waals surface area contributed by atoms with E-state index in [2.05, 4.69) is 22.5 Å². The third-order valence-electron chi connectivity index (χ3n) is 5.58. The third-order valence-corrected chi connectivity index (χ3v) is 5.58. The van der Waals surface area contributed by atoms with E-state index in [1.165, 1.54) is 12.1 Å². The van der Waals surface area contributed by atoms with E-state index in [0.29, 0.717) is 28.9 Å². The minimum absolute atomic E-state index is 0.132.